The SMILES string of the molecule is C.C.C[Si](C)(CCCO)O[Si](C)(C)O[Si](C)(C)CCCO. The Labute approximate surface area is 136 Å². The van der Waals surface area contributed by atoms with Crippen LogP contribution in [0.2, 0.25) is 51.4 Å². The number of aliphatic hydroxyl groups excluding tert-OH is 2. The summed E-state index contributed by atoms with van der Waals surface area (Å²) >= 11 is 0. The van der Waals surface area contributed by atoms with Crippen LogP contribution in [0.25, 0.3) is 0 Å². The summed E-state index contributed by atoms with van der Waals surface area (Å²) in [4.78, 5) is 0. The molecule has 0 heterocycles. The number of aliphatic hydroxyl groups is 2. The second-order valence-electron chi connectivity index (χ2n) is 6.78. The molecule has 7 heteroatoms. The van der Waals surface area contributed by atoms with Crippen molar-refractivity contribution in [2.45, 2.75) is 79.1 Å². The van der Waals surface area contributed by atoms with Crippen molar-refractivity contribution < 1.29 is 18.4 Å². The first kappa shape index (κ1) is 26.4. The van der Waals surface area contributed by atoms with Gasteiger partial charge in [-0.05, 0) is 64.2 Å². The lowest BCUT2D eigenvalue weighted by Crippen LogP contribution is -2.52. The zero-order valence-electron chi connectivity index (χ0n) is 13.5. The largest absolute Gasteiger partial charge is 0.437 e. The molecule has 0 aliphatic rings. The molecule has 0 aliphatic heterocycles. The van der Waals surface area contributed by atoms with Crippen molar-refractivity contribution in [2.24, 2.45) is 0 Å². The molecule has 0 aromatic heterocycles. The molecule has 0 radical (unpaired) electrons. The molecule has 0 fully saturated rings. The third kappa shape index (κ3) is 13.9. The van der Waals surface area contributed by atoms with Crippen LogP contribution < -0.4 is 0 Å². The molecule has 2 N–H and O–H groups in total. The van der Waals surface area contributed by atoms with E-state index in [1.54, 1.807) is 0 Å². The van der Waals surface area contributed by atoms with Crippen LogP contribution >= 0.6 is 0 Å². The Morgan fingerprint density at radius 3 is 1.19 bits per heavy atom. The zero-order valence-corrected chi connectivity index (χ0v) is 16.5. The summed E-state index contributed by atoms with van der Waals surface area (Å²) in [5.74, 6) is 0. The highest BCUT2D eigenvalue weighted by Crippen LogP contribution is 2.25. The molecular weight excluding hydrogens is 316 g/mol. The molecule has 0 aromatic carbocycles. The summed E-state index contributed by atoms with van der Waals surface area (Å²) in [5.41, 5.74) is 0. The topological polar surface area (TPSA) is 58.9 Å². The minimum absolute atomic E-state index is 0. The van der Waals surface area contributed by atoms with Gasteiger partial charge in [-0.2, -0.15) is 0 Å². The Kier molecular flexibility index (Phi) is 13.9. The van der Waals surface area contributed by atoms with E-state index in [1.807, 2.05) is 0 Å². The Morgan fingerprint density at radius 1 is 0.667 bits per heavy atom. The summed E-state index contributed by atoms with van der Waals surface area (Å²) in [5, 5.41) is 17.9. The molecule has 132 valence electrons. The molecule has 0 spiro atoms. The van der Waals surface area contributed by atoms with Gasteiger partial charge in [0.15, 0.2) is 16.6 Å². The summed E-state index contributed by atoms with van der Waals surface area (Å²) in [6, 6.07) is 1.95. The molecule has 0 bridgehead atoms. The van der Waals surface area contributed by atoms with Crippen molar-refractivity contribution in [2.75, 3.05) is 13.2 Å². The van der Waals surface area contributed by atoms with Crippen molar-refractivity contribution in [3.63, 3.8) is 0 Å². The Morgan fingerprint density at radius 2 is 0.952 bits per heavy atom. The van der Waals surface area contributed by atoms with Gasteiger partial charge in [-0.25, -0.2) is 0 Å². The van der Waals surface area contributed by atoms with E-state index in [2.05, 4.69) is 39.3 Å². The van der Waals surface area contributed by atoms with Crippen LogP contribution in [0.4, 0.5) is 0 Å². The fraction of sp³-hybridized carbons (Fsp3) is 1.00. The van der Waals surface area contributed by atoms with Crippen LogP contribution in [0.3, 0.4) is 0 Å². The maximum absolute atomic E-state index is 8.94. The fourth-order valence-electron chi connectivity index (χ4n) is 2.46. The monoisotopic (exact) mass is 356 g/mol. The standard InChI is InChI=1S/C12H32O4Si3.2CH4/c1-17(2,11-7-9-13)15-19(5,6)16-18(3,4)12-8-10-14;;/h13-14H,7-12H2,1-6H3;2*1H4. The van der Waals surface area contributed by atoms with Crippen molar-refractivity contribution in [1.29, 1.82) is 0 Å². The summed E-state index contributed by atoms with van der Waals surface area (Å²) in [7, 11) is -5.60. The van der Waals surface area contributed by atoms with Crippen molar-refractivity contribution in [3.05, 3.63) is 0 Å². The average Bonchev–Trinajstić information content (AvgIpc) is 2.20. The summed E-state index contributed by atoms with van der Waals surface area (Å²) in [6.07, 6.45) is 1.63. The minimum atomic E-state index is -2.11. The van der Waals surface area contributed by atoms with Gasteiger partial charge in [0.1, 0.15) is 0 Å². The second kappa shape index (κ2) is 11.1. The van der Waals surface area contributed by atoms with Gasteiger partial charge in [-0.1, -0.05) is 14.9 Å². The Hall–Kier alpha value is 0.491. The maximum atomic E-state index is 8.94. The van der Waals surface area contributed by atoms with Gasteiger partial charge in [0.2, 0.25) is 0 Å². The van der Waals surface area contributed by atoms with E-state index in [4.69, 9.17) is 18.4 Å². The zero-order chi connectivity index (χ0) is 15.2. The molecular formula is C14H40O4Si3. The molecule has 0 saturated carbocycles. The lowest BCUT2D eigenvalue weighted by molar-refractivity contribution is 0.289. The van der Waals surface area contributed by atoms with Crippen molar-refractivity contribution >= 4 is 25.2 Å². The van der Waals surface area contributed by atoms with Crippen LogP contribution in [-0.4, -0.2) is 48.6 Å². The van der Waals surface area contributed by atoms with E-state index in [-0.39, 0.29) is 28.1 Å². The van der Waals surface area contributed by atoms with Crippen LogP contribution in [0.5, 0.6) is 0 Å². The van der Waals surface area contributed by atoms with E-state index in [9.17, 15) is 0 Å². The Bertz CT molecular complexity index is 235. The van der Waals surface area contributed by atoms with E-state index in [0.29, 0.717) is 0 Å². The van der Waals surface area contributed by atoms with Gasteiger partial charge in [0.25, 0.3) is 0 Å². The van der Waals surface area contributed by atoms with Gasteiger partial charge < -0.3 is 18.4 Å². The first-order chi connectivity index (χ1) is 8.54. The second-order valence-corrected chi connectivity index (χ2v) is 19.2. The third-order valence-electron chi connectivity index (χ3n) is 2.92. The first-order valence-corrected chi connectivity index (χ1v) is 16.2. The molecule has 4 nitrogen and oxygen atoms in total. The summed E-state index contributed by atoms with van der Waals surface area (Å²) < 4.78 is 12.7. The minimum Gasteiger partial charge on any atom is -0.437 e. The van der Waals surface area contributed by atoms with Gasteiger partial charge in [-0.3, -0.25) is 0 Å². The molecule has 0 aliphatic carbocycles. The van der Waals surface area contributed by atoms with Crippen LogP contribution in [-0.2, 0) is 8.23 Å². The highest BCUT2D eigenvalue weighted by atomic mass is 28.5. The fourth-order valence-corrected chi connectivity index (χ4v) is 16.5. The smallest absolute Gasteiger partial charge is 0.311 e. The lowest BCUT2D eigenvalue weighted by Gasteiger charge is -2.38. The van der Waals surface area contributed by atoms with Gasteiger partial charge in [-0.15, -0.1) is 0 Å². The molecule has 0 rings (SSSR count). The predicted molar refractivity (Wildman–Crippen MR) is 101 cm³/mol. The molecule has 0 aromatic rings. The van der Waals surface area contributed by atoms with Crippen molar-refractivity contribution in [1.82, 2.24) is 0 Å². The average molecular weight is 357 g/mol. The van der Waals surface area contributed by atoms with Crippen LogP contribution in [0, 0.1) is 0 Å². The highest BCUT2D eigenvalue weighted by molar-refractivity contribution is 6.87. The van der Waals surface area contributed by atoms with Gasteiger partial charge in [0, 0.05) is 13.2 Å². The van der Waals surface area contributed by atoms with E-state index in [0.717, 1.165) is 24.9 Å². The molecule has 0 amide bonds. The van der Waals surface area contributed by atoms with Crippen LogP contribution in [0.15, 0.2) is 0 Å². The number of hydrogen-bond acceptors (Lipinski definition) is 4. The highest BCUT2D eigenvalue weighted by Gasteiger charge is 2.39. The molecule has 21 heavy (non-hydrogen) atoms. The normalized spacial score (nSPS) is 12.6. The molecule has 0 saturated heterocycles. The number of rotatable bonds is 10. The Balaban J connectivity index is -0.00000162. The maximum Gasteiger partial charge on any atom is 0.311 e. The molecule has 0 unspecified atom stereocenters. The van der Waals surface area contributed by atoms with Crippen molar-refractivity contribution in [3.8, 4) is 0 Å². The van der Waals surface area contributed by atoms with Crippen LogP contribution in [0.1, 0.15) is 27.7 Å². The first-order valence-electron chi connectivity index (χ1n) is 7.16. The third-order valence-corrected chi connectivity index (χ3v) is 14.4. The van der Waals surface area contributed by atoms with E-state index < -0.39 is 25.2 Å². The predicted octanol–water partition coefficient (Wildman–Crippen LogP) is 4.17. The summed E-state index contributed by atoms with van der Waals surface area (Å²) in [6.45, 7) is 13.5. The molecule has 0 atom stereocenters. The van der Waals surface area contributed by atoms with E-state index >= 15 is 0 Å². The number of hydrogen-bond donors (Lipinski definition) is 2. The van der Waals surface area contributed by atoms with Gasteiger partial charge in [0.05, 0.1) is 0 Å². The lowest BCUT2D eigenvalue weighted by atomic mass is 10.5. The quantitative estimate of drug-likeness (QED) is 0.577. The van der Waals surface area contributed by atoms with Gasteiger partial charge >= 0.3 is 8.56 Å². The van der Waals surface area contributed by atoms with E-state index in [1.165, 1.54) is 0 Å².